The van der Waals surface area contributed by atoms with Crippen LogP contribution in [0.25, 0.3) is 39.4 Å². The number of nitrogens with one attached hydrogen (secondary N) is 1. The largest absolute Gasteiger partial charge is 0.344 e. The number of benzene rings is 2. The molecule has 0 bridgehead atoms. The monoisotopic (exact) mass is 481 g/mol. The summed E-state index contributed by atoms with van der Waals surface area (Å²) in [5.74, 6) is 0.758. The summed E-state index contributed by atoms with van der Waals surface area (Å²) in [5.41, 5.74) is 8.58. The van der Waals surface area contributed by atoms with Crippen molar-refractivity contribution in [3.05, 3.63) is 115 Å². The Morgan fingerprint density at radius 1 is 0.838 bits per heavy atom. The van der Waals surface area contributed by atoms with Crippen molar-refractivity contribution in [2.24, 2.45) is 0 Å². The number of pyridine rings is 2. The van der Waals surface area contributed by atoms with Crippen LogP contribution in [-0.2, 0) is 13.1 Å². The second kappa shape index (κ2) is 9.83. The van der Waals surface area contributed by atoms with E-state index in [1.807, 2.05) is 61.7 Å². The molecule has 0 aliphatic rings. The molecule has 4 heterocycles. The smallest absolute Gasteiger partial charge is 0.183 e. The van der Waals surface area contributed by atoms with E-state index in [0.29, 0.717) is 13.1 Å². The first kappa shape index (κ1) is 22.9. The zero-order valence-electron chi connectivity index (χ0n) is 20.4. The summed E-state index contributed by atoms with van der Waals surface area (Å²) in [5, 5.41) is 4.28. The summed E-state index contributed by atoms with van der Waals surface area (Å²) >= 11 is 0. The minimum Gasteiger partial charge on any atom is -0.344 e. The molecule has 8 heteroatoms. The van der Waals surface area contributed by atoms with Crippen LogP contribution < -0.4 is 0 Å². The second-order valence-corrected chi connectivity index (χ2v) is 9.02. The first-order valence-corrected chi connectivity index (χ1v) is 12.1. The Morgan fingerprint density at radius 3 is 2.54 bits per heavy atom. The van der Waals surface area contributed by atoms with E-state index in [9.17, 15) is 0 Å². The predicted octanol–water partition coefficient (Wildman–Crippen LogP) is 5.24. The van der Waals surface area contributed by atoms with Gasteiger partial charge in [0.25, 0.3) is 0 Å². The van der Waals surface area contributed by atoms with Gasteiger partial charge in [-0.2, -0.15) is 5.10 Å². The van der Waals surface area contributed by atoms with Crippen molar-refractivity contribution in [3.63, 3.8) is 0 Å². The number of hydrogen-bond donors (Lipinski definition) is 1. The molecular weight excluding hydrogens is 457 g/mol. The number of H-pyrrole nitrogens is 1. The van der Waals surface area contributed by atoms with E-state index < -0.39 is 0 Å². The van der Waals surface area contributed by atoms with Crippen LogP contribution in [0.15, 0.2) is 97.5 Å². The third-order valence-corrected chi connectivity index (χ3v) is 6.22. The maximum atomic E-state index is 6.48. The molecule has 6 rings (SSSR count). The number of hydrogen-bond acceptors (Lipinski definition) is 5. The van der Waals surface area contributed by atoms with E-state index in [2.05, 4.69) is 51.5 Å². The van der Waals surface area contributed by atoms with Gasteiger partial charge in [0.2, 0.25) is 0 Å². The van der Waals surface area contributed by atoms with Crippen molar-refractivity contribution >= 4 is 13.6 Å². The van der Waals surface area contributed by atoms with Crippen LogP contribution in [0.4, 0.5) is 0 Å². The third kappa shape index (κ3) is 4.92. The SMILES string of the molecule is [B]N(Cc1cccc(-c2ccccc2)c1)Cc1nc(-c2ccc3ncnn3c2)c(-c2cccc(C)n2)[nH]1. The van der Waals surface area contributed by atoms with Gasteiger partial charge in [-0.25, -0.2) is 14.5 Å². The van der Waals surface area contributed by atoms with Gasteiger partial charge in [0.1, 0.15) is 12.2 Å². The van der Waals surface area contributed by atoms with E-state index in [4.69, 9.17) is 17.9 Å². The standard InChI is InChI=1S/C29H24BN7/c1-20-7-5-12-25(33-20)29-28(24-13-14-27-31-19-32-37(27)17-24)34-26(35-29)18-36(30)16-21-8-6-11-23(15-21)22-9-3-2-4-10-22/h2-15,17,19H,16,18H2,1H3,(H,34,35). The molecule has 1 N–H and O–H groups in total. The highest BCUT2D eigenvalue weighted by Gasteiger charge is 2.17. The molecule has 4 aromatic heterocycles. The molecule has 0 atom stereocenters. The quantitative estimate of drug-likeness (QED) is 0.316. The zero-order chi connectivity index (χ0) is 25.2. The molecular formula is C29H24BN7. The Hall–Kier alpha value is -4.56. The van der Waals surface area contributed by atoms with Crippen molar-refractivity contribution in [3.8, 4) is 33.8 Å². The Bertz CT molecular complexity index is 1670. The average molecular weight is 481 g/mol. The molecule has 0 saturated carbocycles. The summed E-state index contributed by atoms with van der Waals surface area (Å²) in [6.45, 7) is 3.01. The lowest BCUT2D eigenvalue weighted by Crippen LogP contribution is -2.19. The fourth-order valence-corrected chi connectivity index (χ4v) is 4.49. The summed E-state index contributed by atoms with van der Waals surface area (Å²) in [4.78, 5) is 19.2. The fourth-order valence-electron chi connectivity index (χ4n) is 4.49. The number of imidazole rings is 1. The van der Waals surface area contributed by atoms with Crippen molar-refractivity contribution < 1.29 is 0 Å². The van der Waals surface area contributed by atoms with Gasteiger partial charge in [-0.1, -0.05) is 54.6 Å². The van der Waals surface area contributed by atoms with E-state index in [1.54, 1.807) is 9.33 Å². The zero-order valence-corrected chi connectivity index (χ0v) is 20.4. The number of aryl methyl sites for hydroxylation is 1. The molecule has 6 aromatic rings. The Morgan fingerprint density at radius 2 is 1.68 bits per heavy atom. The third-order valence-electron chi connectivity index (χ3n) is 6.22. The first-order chi connectivity index (χ1) is 18.1. The highest BCUT2D eigenvalue weighted by atomic mass is 15.3. The number of aromatic nitrogens is 6. The van der Waals surface area contributed by atoms with Gasteiger partial charge < -0.3 is 9.79 Å². The predicted molar refractivity (Wildman–Crippen MR) is 145 cm³/mol. The van der Waals surface area contributed by atoms with Gasteiger partial charge in [0.15, 0.2) is 13.6 Å². The highest BCUT2D eigenvalue weighted by molar-refractivity contribution is 6.04. The minimum absolute atomic E-state index is 0.444. The van der Waals surface area contributed by atoms with Crippen LogP contribution in [0.5, 0.6) is 0 Å². The molecule has 0 aliphatic carbocycles. The molecule has 37 heavy (non-hydrogen) atoms. The average Bonchev–Trinajstić information content (AvgIpc) is 3.56. The molecule has 0 amide bonds. The molecule has 2 aromatic carbocycles. The van der Waals surface area contributed by atoms with Crippen LogP contribution >= 0.6 is 0 Å². The van der Waals surface area contributed by atoms with Crippen molar-refractivity contribution in [1.82, 2.24) is 34.4 Å². The van der Waals surface area contributed by atoms with Gasteiger partial charge in [-0.15, -0.1) is 0 Å². The summed E-state index contributed by atoms with van der Waals surface area (Å²) in [7, 11) is 6.48. The van der Waals surface area contributed by atoms with Gasteiger partial charge >= 0.3 is 0 Å². The fraction of sp³-hybridized carbons (Fsp3) is 0.103. The summed E-state index contributed by atoms with van der Waals surface area (Å²) in [6, 6.07) is 28.7. The molecule has 178 valence electrons. The normalized spacial score (nSPS) is 11.4. The van der Waals surface area contributed by atoms with Gasteiger partial charge in [0, 0.05) is 30.5 Å². The van der Waals surface area contributed by atoms with E-state index in [0.717, 1.165) is 45.4 Å². The summed E-state index contributed by atoms with van der Waals surface area (Å²) < 4.78 is 1.74. The lowest BCUT2D eigenvalue weighted by molar-refractivity contribution is 0.432. The van der Waals surface area contributed by atoms with Crippen molar-refractivity contribution in [1.29, 1.82) is 0 Å². The van der Waals surface area contributed by atoms with Crippen molar-refractivity contribution in [2.45, 2.75) is 20.0 Å². The van der Waals surface area contributed by atoms with E-state index in [-0.39, 0.29) is 0 Å². The number of nitrogens with zero attached hydrogens (tertiary/aromatic N) is 6. The number of rotatable bonds is 7. The Labute approximate surface area is 216 Å². The molecule has 0 aliphatic heterocycles. The maximum Gasteiger partial charge on any atom is 0.183 e. The molecule has 2 radical (unpaired) electrons. The second-order valence-electron chi connectivity index (χ2n) is 9.02. The Balaban J connectivity index is 1.29. The highest BCUT2D eigenvalue weighted by Crippen LogP contribution is 2.30. The van der Waals surface area contributed by atoms with E-state index >= 15 is 0 Å². The van der Waals surface area contributed by atoms with Crippen LogP contribution in [0, 0.1) is 6.92 Å². The lowest BCUT2D eigenvalue weighted by Gasteiger charge is -2.16. The molecule has 0 unspecified atom stereocenters. The molecule has 0 spiro atoms. The van der Waals surface area contributed by atoms with Crippen molar-refractivity contribution in [2.75, 3.05) is 0 Å². The topological polar surface area (TPSA) is 75.0 Å². The molecule has 7 nitrogen and oxygen atoms in total. The van der Waals surface area contributed by atoms with Crippen LogP contribution in [-0.4, -0.2) is 42.3 Å². The van der Waals surface area contributed by atoms with Crippen LogP contribution in [0.3, 0.4) is 0 Å². The number of aromatic amines is 1. The van der Waals surface area contributed by atoms with E-state index in [1.165, 1.54) is 17.5 Å². The van der Waals surface area contributed by atoms with Crippen LogP contribution in [0.1, 0.15) is 17.1 Å². The number of fused-ring (bicyclic) bond motifs is 1. The Kier molecular flexibility index (Phi) is 6.08. The molecule has 0 saturated heterocycles. The maximum absolute atomic E-state index is 6.48. The summed E-state index contributed by atoms with van der Waals surface area (Å²) in [6.07, 6.45) is 3.47. The first-order valence-electron chi connectivity index (χ1n) is 12.1. The van der Waals surface area contributed by atoms with Gasteiger partial charge in [0.05, 0.1) is 17.1 Å². The minimum atomic E-state index is 0.444. The molecule has 0 fully saturated rings. The van der Waals surface area contributed by atoms with Gasteiger partial charge in [-0.3, -0.25) is 4.98 Å². The van der Waals surface area contributed by atoms with Crippen LogP contribution in [0.2, 0.25) is 0 Å². The lowest BCUT2D eigenvalue weighted by atomic mass is 10.0. The van der Waals surface area contributed by atoms with Gasteiger partial charge in [-0.05, 0) is 53.9 Å².